The summed E-state index contributed by atoms with van der Waals surface area (Å²) in [7, 11) is 6.22. The first-order valence-corrected chi connectivity index (χ1v) is 47.5. The van der Waals surface area contributed by atoms with Crippen molar-refractivity contribution in [2.24, 2.45) is 0 Å². The number of hydrogen-bond acceptors (Lipinski definition) is 30. The molecule has 0 atom stereocenters. The number of aromatic nitrogens is 8. The zero-order chi connectivity index (χ0) is 104. The number of methoxy groups -OCH3 is 4. The molecule has 0 unspecified atom stereocenters. The molecule has 21 rings (SSSR count). The number of halogens is 8. The fourth-order valence-corrected chi connectivity index (χ4v) is 17.3. The third-order valence-corrected chi connectivity index (χ3v) is 24.8. The number of nitrogens with zero attached hydrogens (tertiary/aromatic N) is 16. The molecule has 3 amide bonds. The van der Waals surface area contributed by atoms with Crippen LogP contribution in [0.3, 0.4) is 0 Å². The maximum atomic E-state index is 14.8. The van der Waals surface area contributed by atoms with Gasteiger partial charge in [-0.25, -0.2) is 66.2 Å². The van der Waals surface area contributed by atoms with Crippen molar-refractivity contribution in [1.29, 1.82) is 0 Å². The van der Waals surface area contributed by atoms with Gasteiger partial charge in [-0.2, -0.15) is 0 Å². The zero-order valence-corrected chi connectivity index (χ0v) is 81.9. The number of morpholine rings is 5. The van der Waals surface area contributed by atoms with Gasteiger partial charge in [0, 0.05) is 113 Å². The summed E-state index contributed by atoms with van der Waals surface area (Å²) in [5, 5.41) is 26.7. The van der Waals surface area contributed by atoms with Crippen LogP contribution in [0.1, 0.15) is 81.5 Å². The lowest BCUT2D eigenvalue weighted by Gasteiger charge is -2.27. The molecule has 16 heterocycles. The Hall–Kier alpha value is -15.4. The molecule has 5 aromatic carbocycles. The molecule has 13 aromatic rings. The Balaban J connectivity index is 0.000000138. The van der Waals surface area contributed by atoms with Gasteiger partial charge in [-0.05, 0) is 150 Å². The molecule has 0 bridgehead atoms. The molecule has 5 saturated heterocycles. The van der Waals surface area contributed by atoms with E-state index < -0.39 is 44.7 Å². The van der Waals surface area contributed by atoms with Crippen LogP contribution in [0.15, 0.2) is 201 Å². The largest absolute Gasteiger partial charge is 0.497 e. The van der Waals surface area contributed by atoms with E-state index >= 15 is 0 Å². The Morgan fingerprint density at radius 3 is 1.12 bits per heavy atom. The lowest BCUT2D eigenvalue weighted by Crippen LogP contribution is -2.36. The first-order chi connectivity index (χ1) is 71.3. The summed E-state index contributed by atoms with van der Waals surface area (Å²) < 4.78 is 134. The first-order valence-electron chi connectivity index (χ1n) is 46.7. The summed E-state index contributed by atoms with van der Waals surface area (Å²) in [4.78, 5) is 105. The number of carbonyl (C=O) groups is 3. The molecule has 8 aromatic heterocycles. The number of ether oxygens (including phenoxy) is 9. The van der Waals surface area contributed by atoms with E-state index in [9.17, 15) is 61.0 Å². The quantitative estimate of drug-likeness (QED) is 0.0260. The molecule has 0 spiro atoms. The van der Waals surface area contributed by atoms with Crippen molar-refractivity contribution in [3.05, 3.63) is 333 Å². The number of nitrogens with one attached hydrogen (secondary N) is 2. The molecule has 35 nitrogen and oxygen atoms in total. The van der Waals surface area contributed by atoms with Crippen LogP contribution in [0.2, 0.25) is 10.2 Å². The van der Waals surface area contributed by atoms with Crippen molar-refractivity contribution in [2.75, 3.05) is 185 Å². The molecule has 5 fully saturated rings. The number of rotatable bonds is 21. The normalized spacial score (nSPS) is 15.0. The number of anilines is 5. The molecule has 4 N–H and O–H groups in total. The van der Waals surface area contributed by atoms with E-state index in [1.165, 1.54) is 80.0 Å². The number of amides is 3. The van der Waals surface area contributed by atoms with E-state index in [2.05, 4.69) is 65.2 Å². The summed E-state index contributed by atoms with van der Waals surface area (Å²) in [6.45, 7) is 17.0. The van der Waals surface area contributed by atoms with Gasteiger partial charge in [0.2, 0.25) is 0 Å². The number of nitro groups is 2. The lowest BCUT2D eigenvalue weighted by atomic mass is 9.97. The summed E-state index contributed by atoms with van der Waals surface area (Å²) in [6.07, 6.45) is 8.37. The summed E-state index contributed by atoms with van der Waals surface area (Å²) in [6, 6.07) is 43.7. The topological polar surface area (TPSA) is 393 Å². The van der Waals surface area contributed by atoms with Crippen molar-refractivity contribution in [1.82, 2.24) is 60.3 Å². The summed E-state index contributed by atoms with van der Waals surface area (Å²) >= 11 is 11.7. The van der Waals surface area contributed by atoms with Gasteiger partial charge in [-0.15, -0.1) is 0 Å². The Morgan fingerprint density at radius 2 is 0.762 bits per heavy atom. The molecule has 8 aliphatic heterocycles. The second kappa shape index (κ2) is 50.9. The molecular formula is C104H103Cl2F6N19O16. The summed E-state index contributed by atoms with van der Waals surface area (Å²) in [5.41, 5.74) is 13.0. The van der Waals surface area contributed by atoms with E-state index in [0.717, 1.165) is 156 Å². The fourth-order valence-electron chi connectivity index (χ4n) is 16.9. The van der Waals surface area contributed by atoms with Gasteiger partial charge in [0.05, 0.1) is 222 Å². The van der Waals surface area contributed by atoms with Gasteiger partial charge in [-0.3, -0.25) is 34.6 Å². The number of pyridine rings is 8. The van der Waals surface area contributed by atoms with Crippen LogP contribution in [-0.4, -0.2) is 237 Å². The zero-order valence-electron chi connectivity index (χ0n) is 80.4. The van der Waals surface area contributed by atoms with Crippen LogP contribution >= 0.6 is 23.2 Å². The smallest absolute Gasteiger partial charge is 0.287 e. The molecule has 766 valence electrons. The molecular weight excluding hydrogens is 1960 g/mol. The van der Waals surface area contributed by atoms with Gasteiger partial charge in [-0.1, -0.05) is 53.5 Å². The fraction of sp³-hybridized carbons (Fsp3) is 0.298. The second-order valence-corrected chi connectivity index (χ2v) is 34.6. The minimum absolute atomic E-state index is 0.0204. The molecule has 0 radical (unpaired) electrons. The molecule has 8 aliphatic rings. The van der Waals surface area contributed by atoms with E-state index in [1.54, 1.807) is 86.1 Å². The molecule has 0 aliphatic carbocycles. The molecule has 147 heavy (non-hydrogen) atoms. The Morgan fingerprint density at radius 1 is 0.395 bits per heavy atom. The van der Waals surface area contributed by atoms with Crippen molar-refractivity contribution in [2.45, 2.75) is 45.6 Å². The van der Waals surface area contributed by atoms with Gasteiger partial charge in [0.25, 0.3) is 29.1 Å². The predicted octanol–water partition coefficient (Wildman–Crippen LogP) is 15.5. The van der Waals surface area contributed by atoms with Crippen LogP contribution in [0.25, 0.3) is 33.8 Å². The van der Waals surface area contributed by atoms with Crippen LogP contribution in [0, 0.1) is 55.1 Å². The molecule has 0 saturated carbocycles. The van der Waals surface area contributed by atoms with Crippen molar-refractivity contribution < 1.29 is 93.2 Å². The van der Waals surface area contributed by atoms with Gasteiger partial charge >= 0.3 is 0 Å². The summed E-state index contributed by atoms with van der Waals surface area (Å²) in [5.74, 6) is 0.882. The van der Waals surface area contributed by atoms with Crippen LogP contribution < -0.4 is 54.9 Å². The number of nitrogens with two attached hydrogens (primary N) is 1. The van der Waals surface area contributed by atoms with Crippen molar-refractivity contribution >= 4 is 81.3 Å². The van der Waals surface area contributed by atoms with Crippen molar-refractivity contribution in [3.8, 4) is 56.8 Å². The Bertz CT molecular complexity index is 6710. The second-order valence-electron chi connectivity index (χ2n) is 33.8. The highest BCUT2D eigenvalue weighted by atomic mass is 35.5. The lowest BCUT2D eigenvalue weighted by molar-refractivity contribution is -0.385. The average molecular weight is 2060 g/mol. The highest BCUT2D eigenvalue weighted by Crippen LogP contribution is 2.40. The van der Waals surface area contributed by atoms with E-state index in [0.29, 0.717) is 121 Å². The minimum Gasteiger partial charge on any atom is -0.497 e. The van der Waals surface area contributed by atoms with Crippen LogP contribution in [-0.2, 0) is 69.2 Å². The predicted molar refractivity (Wildman–Crippen MR) is 537 cm³/mol. The minimum atomic E-state index is -0.748. The first kappa shape index (κ1) is 106. The average Bonchev–Trinajstić information content (AvgIpc) is 1.63. The Kier molecular flexibility index (Phi) is 36.7. The van der Waals surface area contributed by atoms with Gasteiger partial charge < -0.3 is 88.4 Å². The highest BCUT2D eigenvalue weighted by Gasteiger charge is 2.37. The SMILES string of the molecule is C1COCCN1.COc1ccc(CN2Cc3nc(-c4c(F)cccc4F)cc(Cc4ccc(N5CCOCC5)nc4)c3C2=O)c(OC)c1.COc1ccc(CN2Cc3nc(-c4c(F)cccc4F)cc(Cl)c3C2=O)c(OC)c1.Nc1ccc(N2CCOCC2)nc1.O=C1NCc2nc(-c3c(F)cccc3F)cc(Cc3ccc(N4CCOCC4)nc3)c21.O=[N+]([O-])c1ccc(Cl)nc1.O=[N+]([O-])c1ccc(N2CCOCC2)nc1. The maximum Gasteiger partial charge on any atom is 0.287 e. The van der Waals surface area contributed by atoms with Crippen molar-refractivity contribution in [3.63, 3.8) is 0 Å². The van der Waals surface area contributed by atoms with Crippen LogP contribution in [0.4, 0.5) is 66.7 Å². The van der Waals surface area contributed by atoms with E-state index in [-0.39, 0.29) is 111 Å². The van der Waals surface area contributed by atoms with E-state index in [1.807, 2.05) is 59.5 Å². The number of benzene rings is 5. The third kappa shape index (κ3) is 27.3. The van der Waals surface area contributed by atoms with Gasteiger partial charge in [0.1, 0.15) is 98.7 Å². The Labute approximate surface area is 851 Å². The van der Waals surface area contributed by atoms with Gasteiger partial charge in [0.15, 0.2) is 0 Å². The number of hydrogen-bond donors (Lipinski definition) is 3. The standard InChI is InChI=1S/C32H30F2N4O4.C23H20F2N4O2.C22H17ClF2N2O3.C9H11N3O3.C9H13N3O.C5H3ClN2O2.C4H9NO/c1-40-23-8-7-21(28(16-23)41-2)18-38-19-27-30(32(38)39)22(15-26(36-27)31-24(33)4-3-5-25(31)34)14-20-6-9-29(35-17-20)37-10-12-42-13-11-37;24-16-2-1-3-17(25)22(16)18-11-15(21-19(28-18)13-27-23(21)30)10-14-4-5-20(26-12-14)29-6-8-31-9-7-29;1-29-13-7-6-12(19(8-13)30-2)10-27-11-18-20(22(27)28)14(23)9-17(26-18)21-15(24)4-3-5-16(21)25;13-12(14)8-1-2-9(10-7-8)11-3-5-15-6-4-11;10-8-1-2-9(11-7-8)12-3-5-13-6-4-12;6-5-2-1-4(3-7-5)8(9)10;1-3-6-4-2-5-1/h3-9,15-17H,10-14,18-19H2,1-2H3;1-5,11-12H,6-10,13H2,(H,27,30);3-9H,10-11H2,1-2H3;1-2,7H,3-6H2;1-2,7H,3-6,10H2;1-3H;5H,1-4H2. The third-order valence-electron chi connectivity index (χ3n) is 24.3. The monoisotopic (exact) mass is 2060 g/mol. The maximum absolute atomic E-state index is 14.8. The number of carbonyl (C=O) groups excluding carboxylic acids is 3. The van der Waals surface area contributed by atoms with Crippen LogP contribution in [0.5, 0.6) is 23.0 Å². The highest BCUT2D eigenvalue weighted by molar-refractivity contribution is 6.34. The number of nitrogen functional groups attached to an aromatic ring is 1. The molecule has 43 heteroatoms. The number of fused-ring (bicyclic) bond motifs is 3. The van der Waals surface area contributed by atoms with E-state index in [4.69, 9.17) is 71.6 Å².